The number of carbonyl (C=O) groups is 1. The number of hydrogen-bond donors (Lipinski definition) is 2. The smallest absolute Gasteiger partial charge is 0.383 e. The lowest BCUT2D eigenvalue weighted by molar-refractivity contribution is -0.141. The third-order valence-corrected chi connectivity index (χ3v) is 3.92. The normalized spacial score (nSPS) is 10.9. The molecule has 0 saturated heterocycles. The molecule has 0 aliphatic carbocycles. The van der Waals surface area contributed by atoms with Crippen molar-refractivity contribution in [3.05, 3.63) is 52.9 Å². The van der Waals surface area contributed by atoms with Crippen molar-refractivity contribution < 1.29 is 18.0 Å². The van der Waals surface area contributed by atoms with E-state index >= 15 is 0 Å². The molecule has 0 atom stereocenters. The maximum Gasteiger partial charge on any atom is 0.435 e. The first-order chi connectivity index (χ1) is 13.7. The number of aryl methyl sites for hydroxylation is 1. The maximum atomic E-state index is 12.8. The lowest BCUT2D eigenvalue weighted by Gasteiger charge is -2.09. The number of aromatic nitrogens is 4. The molecule has 0 bridgehead atoms. The summed E-state index contributed by atoms with van der Waals surface area (Å²) in [6.45, 7) is 4.00. The van der Waals surface area contributed by atoms with Crippen LogP contribution in [0.4, 0.5) is 24.8 Å². The van der Waals surface area contributed by atoms with Crippen molar-refractivity contribution in [2.75, 3.05) is 11.1 Å². The lowest BCUT2D eigenvalue weighted by atomic mass is 10.1. The summed E-state index contributed by atoms with van der Waals surface area (Å²) in [5.74, 6) is -0.506. The molecule has 11 heteroatoms. The van der Waals surface area contributed by atoms with Crippen molar-refractivity contribution in [1.29, 1.82) is 0 Å². The second-order valence-corrected chi connectivity index (χ2v) is 5.82. The number of carbonyl (C=O) groups excluding carboxylic acids is 1. The number of alkyl halides is 3. The number of nitrogens with zero attached hydrogens (tertiary/aromatic N) is 4. The number of nitrogens with two attached hydrogens (primary N) is 1. The minimum atomic E-state index is -4.57. The van der Waals surface area contributed by atoms with Gasteiger partial charge in [0.25, 0.3) is 5.91 Å². The Balaban J connectivity index is 0.00000145. The number of nitrogen functional groups attached to an aromatic ring is 1. The van der Waals surface area contributed by atoms with E-state index in [4.69, 9.17) is 17.3 Å². The zero-order valence-corrected chi connectivity index (χ0v) is 16.5. The molecular formula is C18H18ClF3N6O. The van der Waals surface area contributed by atoms with Gasteiger partial charge < -0.3 is 11.1 Å². The first-order valence-electron chi connectivity index (χ1n) is 8.47. The van der Waals surface area contributed by atoms with E-state index in [-0.39, 0.29) is 33.6 Å². The van der Waals surface area contributed by atoms with Crippen LogP contribution < -0.4 is 11.1 Å². The minimum absolute atomic E-state index is 0.0224. The first-order valence-corrected chi connectivity index (χ1v) is 8.84. The van der Waals surface area contributed by atoms with Gasteiger partial charge in [0, 0.05) is 18.8 Å². The molecule has 3 heterocycles. The van der Waals surface area contributed by atoms with Crippen LogP contribution in [0.5, 0.6) is 0 Å². The second kappa shape index (κ2) is 8.91. The van der Waals surface area contributed by atoms with Gasteiger partial charge in [0.2, 0.25) is 0 Å². The molecule has 3 rings (SSSR count). The van der Waals surface area contributed by atoms with Crippen molar-refractivity contribution in [3.8, 4) is 11.3 Å². The van der Waals surface area contributed by atoms with Gasteiger partial charge in [-0.2, -0.15) is 18.3 Å². The van der Waals surface area contributed by atoms with Crippen LogP contribution in [0.15, 0.2) is 36.5 Å². The van der Waals surface area contributed by atoms with E-state index in [1.54, 1.807) is 6.07 Å². The van der Waals surface area contributed by atoms with Crippen LogP contribution >= 0.6 is 11.6 Å². The Hall–Kier alpha value is -3.14. The average molecular weight is 427 g/mol. The maximum absolute atomic E-state index is 12.8. The van der Waals surface area contributed by atoms with E-state index in [1.165, 1.54) is 31.4 Å². The summed E-state index contributed by atoms with van der Waals surface area (Å²) in [5, 5.41) is 5.96. The first kappa shape index (κ1) is 22.2. The van der Waals surface area contributed by atoms with Gasteiger partial charge in [-0.15, -0.1) is 0 Å². The zero-order valence-electron chi connectivity index (χ0n) is 15.8. The summed E-state index contributed by atoms with van der Waals surface area (Å²) in [6.07, 6.45) is -3.14. The summed E-state index contributed by atoms with van der Waals surface area (Å²) < 4.78 is 39.5. The van der Waals surface area contributed by atoms with E-state index in [9.17, 15) is 18.0 Å². The van der Waals surface area contributed by atoms with Gasteiger partial charge in [-0.1, -0.05) is 25.4 Å². The molecule has 3 aromatic rings. The van der Waals surface area contributed by atoms with Crippen molar-refractivity contribution in [3.63, 3.8) is 0 Å². The number of halogens is 4. The summed E-state index contributed by atoms with van der Waals surface area (Å²) in [7, 11) is 1.37. The van der Waals surface area contributed by atoms with Gasteiger partial charge in [-0.25, -0.2) is 9.97 Å². The third kappa shape index (κ3) is 5.02. The van der Waals surface area contributed by atoms with Crippen molar-refractivity contribution >= 4 is 29.1 Å². The quantitative estimate of drug-likeness (QED) is 0.604. The monoisotopic (exact) mass is 426 g/mol. The number of anilines is 2. The van der Waals surface area contributed by atoms with E-state index in [0.717, 1.165) is 10.7 Å². The molecule has 0 radical (unpaired) electrons. The summed E-state index contributed by atoms with van der Waals surface area (Å²) >= 11 is 5.86. The standard InChI is InChI=1S/C16H12ClF3N6O.C2H6/c1-26-10(7-11(25-26)16(18,19)20)8-4-5-12(23-14(8)21)24-15(27)9-3-2-6-22-13(9)17;1-2/h2-7H,1H3,(H3,21,23,24,27);1-2H3. The fourth-order valence-electron chi connectivity index (χ4n) is 2.36. The van der Waals surface area contributed by atoms with Crippen molar-refractivity contribution in [1.82, 2.24) is 19.7 Å². The number of hydrogen-bond acceptors (Lipinski definition) is 5. The highest BCUT2D eigenvalue weighted by Gasteiger charge is 2.35. The summed E-state index contributed by atoms with van der Waals surface area (Å²) in [4.78, 5) is 20.0. The molecule has 0 saturated carbocycles. The molecule has 0 aliphatic heterocycles. The largest absolute Gasteiger partial charge is 0.435 e. The molecule has 29 heavy (non-hydrogen) atoms. The number of pyridine rings is 2. The van der Waals surface area contributed by atoms with Crippen LogP contribution in [0.2, 0.25) is 5.15 Å². The predicted octanol–water partition coefficient (Wildman–Crippen LogP) is 4.41. The minimum Gasteiger partial charge on any atom is -0.383 e. The molecule has 0 fully saturated rings. The van der Waals surface area contributed by atoms with E-state index in [2.05, 4.69) is 20.4 Å². The Morgan fingerprint density at radius 1 is 1.24 bits per heavy atom. The van der Waals surface area contributed by atoms with E-state index in [0.29, 0.717) is 0 Å². The Morgan fingerprint density at radius 3 is 2.48 bits per heavy atom. The fourth-order valence-corrected chi connectivity index (χ4v) is 2.56. The van der Waals surface area contributed by atoms with Gasteiger partial charge in [0.15, 0.2) is 5.69 Å². The van der Waals surface area contributed by atoms with E-state index < -0.39 is 17.8 Å². The topological polar surface area (TPSA) is 98.7 Å². The highest BCUT2D eigenvalue weighted by Crippen LogP contribution is 2.33. The van der Waals surface area contributed by atoms with Crippen molar-refractivity contribution in [2.45, 2.75) is 20.0 Å². The highest BCUT2D eigenvalue weighted by molar-refractivity contribution is 6.33. The number of rotatable bonds is 3. The number of nitrogens with one attached hydrogen (secondary N) is 1. The van der Waals surface area contributed by atoms with Gasteiger partial charge in [0.05, 0.1) is 11.3 Å². The Morgan fingerprint density at radius 2 is 1.93 bits per heavy atom. The molecule has 0 spiro atoms. The van der Waals surface area contributed by atoms with Crippen molar-refractivity contribution in [2.24, 2.45) is 7.05 Å². The SMILES string of the molecule is CC.Cn1nc(C(F)(F)F)cc1-c1ccc(NC(=O)c2cccnc2Cl)nc1N. The molecular weight excluding hydrogens is 409 g/mol. The average Bonchev–Trinajstić information content (AvgIpc) is 3.06. The molecule has 1 amide bonds. The highest BCUT2D eigenvalue weighted by atomic mass is 35.5. The molecule has 3 N–H and O–H groups in total. The van der Waals surface area contributed by atoms with Crippen LogP contribution in [0.1, 0.15) is 29.9 Å². The zero-order chi connectivity index (χ0) is 21.8. The molecule has 0 aromatic carbocycles. The Kier molecular flexibility index (Phi) is 6.80. The summed E-state index contributed by atoms with van der Waals surface area (Å²) in [6, 6.07) is 6.76. The molecule has 0 unspecified atom stereocenters. The van der Waals surface area contributed by atoms with Gasteiger partial charge in [-0.3, -0.25) is 9.48 Å². The molecule has 7 nitrogen and oxygen atoms in total. The molecule has 3 aromatic heterocycles. The second-order valence-electron chi connectivity index (χ2n) is 5.46. The third-order valence-electron chi connectivity index (χ3n) is 3.62. The van der Waals surface area contributed by atoms with Crippen LogP contribution in [0, 0.1) is 0 Å². The van der Waals surface area contributed by atoms with Crippen LogP contribution in [-0.4, -0.2) is 25.7 Å². The van der Waals surface area contributed by atoms with Crippen LogP contribution in [0.25, 0.3) is 11.3 Å². The van der Waals surface area contributed by atoms with E-state index in [1.807, 2.05) is 13.8 Å². The van der Waals surface area contributed by atoms with Crippen LogP contribution in [0.3, 0.4) is 0 Å². The number of amides is 1. The van der Waals surface area contributed by atoms with Gasteiger partial charge in [0.1, 0.15) is 16.8 Å². The van der Waals surface area contributed by atoms with Gasteiger partial charge in [-0.05, 0) is 30.3 Å². The molecule has 0 aliphatic rings. The Bertz CT molecular complexity index is 1020. The lowest BCUT2D eigenvalue weighted by Crippen LogP contribution is -2.14. The fraction of sp³-hybridized carbons (Fsp3) is 0.222. The molecule has 154 valence electrons. The van der Waals surface area contributed by atoms with Crippen LogP contribution in [-0.2, 0) is 13.2 Å². The summed E-state index contributed by atoms with van der Waals surface area (Å²) in [5.41, 5.74) is 5.35. The predicted molar refractivity (Wildman–Crippen MR) is 104 cm³/mol. The van der Waals surface area contributed by atoms with Gasteiger partial charge >= 0.3 is 6.18 Å². The Labute approximate surface area is 169 Å².